The van der Waals surface area contributed by atoms with Crippen LogP contribution in [-0.4, -0.2) is 93.9 Å². The van der Waals surface area contributed by atoms with Crippen LogP contribution >= 0.6 is 11.6 Å². The molecule has 3 fully saturated rings. The minimum absolute atomic E-state index is 0.347. The van der Waals surface area contributed by atoms with Gasteiger partial charge in [0.1, 0.15) is 0 Å². The Kier molecular flexibility index (Phi) is 7.86. The molecule has 0 amide bonds. The molecule has 5 heterocycles. The molecule has 9 heteroatoms. The van der Waals surface area contributed by atoms with E-state index in [0.29, 0.717) is 17.0 Å². The first kappa shape index (κ1) is 26.0. The summed E-state index contributed by atoms with van der Waals surface area (Å²) in [6, 6.07) is 8.54. The molecule has 0 spiro atoms. The van der Waals surface area contributed by atoms with Gasteiger partial charge in [-0.15, -0.1) is 0 Å². The van der Waals surface area contributed by atoms with Crippen LogP contribution in [-0.2, 0) is 0 Å². The number of hydrogen-bond donors (Lipinski definition) is 4. The SMILES string of the molecule is OC1(CN2CCC(CCN3CC[C@@H](Nc4ncc(Cl)c(-c5c[nH]c6ccccc56)n4)C3)CC2)CCNCC1. The number of nitrogens with zero attached hydrogens (tertiary/aromatic N) is 4. The van der Waals surface area contributed by atoms with Crippen LogP contribution in [0.25, 0.3) is 22.2 Å². The molecule has 0 aliphatic carbocycles. The number of aromatic amines is 1. The third kappa shape index (κ3) is 6.00. The average molecular weight is 538 g/mol. The van der Waals surface area contributed by atoms with Crippen molar-refractivity contribution in [3.05, 3.63) is 41.7 Å². The summed E-state index contributed by atoms with van der Waals surface area (Å²) in [5.41, 5.74) is 2.35. The first-order valence-corrected chi connectivity index (χ1v) is 14.7. The van der Waals surface area contributed by atoms with Crippen LogP contribution in [0.15, 0.2) is 36.7 Å². The van der Waals surface area contributed by atoms with Gasteiger partial charge in [-0.3, -0.25) is 0 Å². The Morgan fingerprint density at radius 3 is 2.71 bits per heavy atom. The molecule has 6 rings (SSSR count). The highest BCUT2D eigenvalue weighted by molar-refractivity contribution is 6.33. The first-order valence-electron chi connectivity index (χ1n) is 14.3. The van der Waals surface area contributed by atoms with Gasteiger partial charge < -0.3 is 30.5 Å². The molecule has 1 atom stereocenters. The second kappa shape index (κ2) is 11.5. The maximum atomic E-state index is 10.9. The fourth-order valence-electron chi connectivity index (χ4n) is 6.49. The minimum atomic E-state index is -0.486. The van der Waals surface area contributed by atoms with Crippen molar-refractivity contribution in [2.45, 2.75) is 50.2 Å². The molecular formula is C29H40ClN7O. The van der Waals surface area contributed by atoms with Crippen molar-refractivity contribution < 1.29 is 5.11 Å². The fraction of sp³-hybridized carbons (Fsp3) is 0.586. The van der Waals surface area contributed by atoms with Crippen LogP contribution < -0.4 is 10.6 Å². The Morgan fingerprint density at radius 2 is 1.87 bits per heavy atom. The topological polar surface area (TPSA) is 92.3 Å². The molecule has 4 N–H and O–H groups in total. The van der Waals surface area contributed by atoms with Gasteiger partial charge in [0, 0.05) is 48.3 Å². The Bertz CT molecular complexity index is 1220. The van der Waals surface area contributed by atoms with Gasteiger partial charge in [0.05, 0.1) is 22.5 Å². The van der Waals surface area contributed by atoms with Gasteiger partial charge >= 0.3 is 0 Å². The summed E-state index contributed by atoms with van der Waals surface area (Å²) in [5, 5.41) is 19.5. The van der Waals surface area contributed by atoms with Crippen LogP contribution in [0.5, 0.6) is 0 Å². The zero-order valence-corrected chi connectivity index (χ0v) is 22.9. The van der Waals surface area contributed by atoms with Gasteiger partial charge in [-0.2, -0.15) is 0 Å². The molecule has 8 nitrogen and oxygen atoms in total. The van der Waals surface area contributed by atoms with Gasteiger partial charge in [0.25, 0.3) is 0 Å². The van der Waals surface area contributed by atoms with Crippen LogP contribution in [0.4, 0.5) is 5.95 Å². The van der Waals surface area contributed by atoms with E-state index in [1.165, 1.54) is 19.3 Å². The third-order valence-electron chi connectivity index (χ3n) is 8.81. The number of likely N-dealkylation sites (tertiary alicyclic amines) is 2. The second-order valence-corrected chi connectivity index (χ2v) is 12.0. The normalized spacial score (nSPS) is 23.3. The number of nitrogens with one attached hydrogen (secondary N) is 3. The van der Waals surface area contributed by atoms with Gasteiger partial charge in [-0.25, -0.2) is 9.97 Å². The van der Waals surface area contributed by atoms with Crippen LogP contribution in [0.1, 0.15) is 38.5 Å². The van der Waals surface area contributed by atoms with Crippen molar-refractivity contribution in [2.75, 3.05) is 57.7 Å². The summed E-state index contributed by atoms with van der Waals surface area (Å²) in [5.74, 6) is 1.43. The van der Waals surface area contributed by atoms with E-state index < -0.39 is 5.60 Å². The lowest BCUT2D eigenvalue weighted by Gasteiger charge is -2.40. The highest BCUT2D eigenvalue weighted by Crippen LogP contribution is 2.32. The molecule has 38 heavy (non-hydrogen) atoms. The van der Waals surface area contributed by atoms with E-state index in [2.05, 4.69) is 42.5 Å². The lowest BCUT2D eigenvalue weighted by molar-refractivity contribution is -0.0280. The van der Waals surface area contributed by atoms with Gasteiger partial charge in [0.15, 0.2) is 0 Å². The van der Waals surface area contributed by atoms with Gasteiger partial charge in [-0.05, 0) is 83.2 Å². The molecular weight excluding hydrogens is 498 g/mol. The number of anilines is 1. The molecule has 204 valence electrons. The number of aromatic nitrogens is 3. The molecule has 3 aliphatic rings. The number of rotatable bonds is 8. The van der Waals surface area contributed by atoms with E-state index in [1.54, 1.807) is 6.20 Å². The standard InChI is InChI=1S/C29H40ClN7O/c30-25-18-33-28(35-27(25)24-17-32-26-4-2-1-3-23(24)26)34-22-8-16-36(19-22)13-5-21-6-14-37(15-7-21)20-29(38)9-11-31-12-10-29/h1-4,17-18,21-22,31-32,38H,5-16,19-20H2,(H,33,34,35)/t22-/m1/s1. The number of halogens is 1. The number of benzene rings is 1. The monoisotopic (exact) mass is 537 g/mol. The number of H-pyrrole nitrogens is 1. The smallest absolute Gasteiger partial charge is 0.223 e. The Labute approximate surface area is 230 Å². The summed E-state index contributed by atoms with van der Waals surface area (Å²) in [6.45, 7) is 8.25. The number of hydrogen-bond acceptors (Lipinski definition) is 7. The summed E-state index contributed by atoms with van der Waals surface area (Å²) in [4.78, 5) is 17.7. The highest BCUT2D eigenvalue weighted by Gasteiger charge is 2.33. The number of piperidine rings is 2. The zero-order valence-electron chi connectivity index (χ0n) is 22.1. The van der Waals surface area contributed by atoms with E-state index in [9.17, 15) is 5.11 Å². The number of fused-ring (bicyclic) bond motifs is 1. The van der Waals surface area contributed by atoms with Crippen molar-refractivity contribution in [1.29, 1.82) is 0 Å². The quantitative estimate of drug-likeness (QED) is 0.345. The zero-order chi connectivity index (χ0) is 26.0. The summed E-state index contributed by atoms with van der Waals surface area (Å²) in [6.07, 6.45) is 10.3. The molecule has 3 saturated heterocycles. The summed E-state index contributed by atoms with van der Waals surface area (Å²) < 4.78 is 0. The Balaban J connectivity index is 0.970. The maximum absolute atomic E-state index is 10.9. The van der Waals surface area contributed by atoms with E-state index in [4.69, 9.17) is 16.6 Å². The van der Waals surface area contributed by atoms with E-state index >= 15 is 0 Å². The molecule has 0 radical (unpaired) electrons. The van der Waals surface area contributed by atoms with Gasteiger partial charge in [-0.1, -0.05) is 29.8 Å². The average Bonchev–Trinajstić information content (AvgIpc) is 3.56. The van der Waals surface area contributed by atoms with E-state index in [1.807, 2.05) is 18.3 Å². The first-order chi connectivity index (χ1) is 18.5. The van der Waals surface area contributed by atoms with Gasteiger partial charge in [0.2, 0.25) is 5.95 Å². The predicted molar refractivity (Wildman–Crippen MR) is 154 cm³/mol. The number of aliphatic hydroxyl groups is 1. The third-order valence-corrected chi connectivity index (χ3v) is 9.08. The maximum Gasteiger partial charge on any atom is 0.223 e. The summed E-state index contributed by atoms with van der Waals surface area (Å²) >= 11 is 6.51. The summed E-state index contributed by atoms with van der Waals surface area (Å²) in [7, 11) is 0. The molecule has 3 aliphatic heterocycles. The van der Waals surface area contributed by atoms with Crippen molar-refractivity contribution in [2.24, 2.45) is 5.92 Å². The number of β-amino-alcohol motifs (C(OH)–C–C–N with tert-alkyl or cyclic N) is 1. The van der Waals surface area contributed by atoms with Crippen molar-refractivity contribution in [3.8, 4) is 11.3 Å². The molecule has 2 aromatic heterocycles. The lowest BCUT2D eigenvalue weighted by atomic mass is 9.89. The number of para-hydroxylation sites is 1. The lowest BCUT2D eigenvalue weighted by Crippen LogP contribution is -2.51. The molecule has 0 saturated carbocycles. The Morgan fingerprint density at radius 1 is 1.08 bits per heavy atom. The second-order valence-electron chi connectivity index (χ2n) is 11.6. The Hall–Kier alpha value is -2.23. The molecule has 0 unspecified atom stereocenters. The van der Waals surface area contributed by atoms with E-state index in [0.717, 1.165) is 99.7 Å². The van der Waals surface area contributed by atoms with E-state index in [-0.39, 0.29) is 0 Å². The van der Waals surface area contributed by atoms with Crippen molar-refractivity contribution in [3.63, 3.8) is 0 Å². The fourth-order valence-corrected chi connectivity index (χ4v) is 6.69. The molecule has 0 bridgehead atoms. The largest absolute Gasteiger partial charge is 0.388 e. The van der Waals surface area contributed by atoms with Crippen LogP contribution in [0.2, 0.25) is 5.02 Å². The molecule has 3 aromatic rings. The van der Waals surface area contributed by atoms with Crippen LogP contribution in [0.3, 0.4) is 0 Å². The predicted octanol–water partition coefficient (Wildman–Crippen LogP) is 3.98. The van der Waals surface area contributed by atoms with Crippen molar-refractivity contribution in [1.82, 2.24) is 30.1 Å². The van der Waals surface area contributed by atoms with Crippen molar-refractivity contribution >= 4 is 28.5 Å². The highest BCUT2D eigenvalue weighted by atomic mass is 35.5. The molecule has 1 aromatic carbocycles. The van der Waals surface area contributed by atoms with Crippen LogP contribution in [0, 0.1) is 5.92 Å². The minimum Gasteiger partial charge on any atom is -0.388 e.